The Kier molecular flexibility index (Phi) is 5.65. The predicted octanol–water partition coefficient (Wildman–Crippen LogP) is 5.22. The van der Waals surface area contributed by atoms with E-state index in [1.54, 1.807) is 36.7 Å². The summed E-state index contributed by atoms with van der Waals surface area (Å²) in [6.45, 7) is -0.0135. The third-order valence-corrected chi connectivity index (χ3v) is 4.43. The van der Waals surface area contributed by atoms with Crippen molar-refractivity contribution in [1.82, 2.24) is 15.0 Å². The standard InChI is InChI=1S/C22H17ClN4O2/c23-19-12-16(6-8-21(19)29-17-4-1-9-24-13-17)27-22-18-11-15(3-2-10-28)5-7-20(18)25-14-26-22/h1-9,11-14,28H,10H2,(H,25,26,27)/b3-2+. The second-order valence-corrected chi connectivity index (χ2v) is 6.55. The molecule has 7 heteroatoms. The first-order valence-electron chi connectivity index (χ1n) is 8.89. The molecule has 0 radical (unpaired) electrons. The van der Waals surface area contributed by atoms with Crippen LogP contribution in [0.1, 0.15) is 5.56 Å². The number of fused-ring (bicyclic) bond motifs is 1. The molecule has 2 N–H and O–H groups in total. The highest BCUT2D eigenvalue weighted by molar-refractivity contribution is 6.32. The number of halogens is 1. The molecule has 0 aliphatic rings. The molecule has 0 aliphatic heterocycles. The first-order valence-corrected chi connectivity index (χ1v) is 9.27. The SMILES string of the molecule is OC/C=C/c1ccc2ncnc(Nc3ccc(Oc4cccnc4)c(Cl)c3)c2c1. The predicted molar refractivity (Wildman–Crippen MR) is 115 cm³/mol. The summed E-state index contributed by atoms with van der Waals surface area (Å²) in [4.78, 5) is 12.7. The quantitative estimate of drug-likeness (QED) is 0.458. The Morgan fingerprint density at radius 3 is 2.83 bits per heavy atom. The van der Waals surface area contributed by atoms with Gasteiger partial charge < -0.3 is 15.2 Å². The Morgan fingerprint density at radius 1 is 1.10 bits per heavy atom. The zero-order valence-corrected chi connectivity index (χ0v) is 16.0. The summed E-state index contributed by atoms with van der Waals surface area (Å²) in [5, 5.41) is 13.6. The van der Waals surface area contributed by atoms with E-state index >= 15 is 0 Å². The fraction of sp³-hybridized carbons (Fsp3) is 0.0455. The first-order chi connectivity index (χ1) is 14.2. The number of anilines is 2. The smallest absolute Gasteiger partial charge is 0.146 e. The summed E-state index contributed by atoms with van der Waals surface area (Å²) in [5.74, 6) is 1.81. The van der Waals surface area contributed by atoms with Crippen LogP contribution in [0, 0.1) is 0 Å². The average Bonchev–Trinajstić information content (AvgIpc) is 2.75. The zero-order chi connectivity index (χ0) is 20.1. The van der Waals surface area contributed by atoms with E-state index in [1.807, 2.05) is 36.4 Å². The summed E-state index contributed by atoms with van der Waals surface area (Å²) in [5.41, 5.74) is 2.53. The number of nitrogens with zero attached hydrogens (tertiary/aromatic N) is 3. The summed E-state index contributed by atoms with van der Waals surface area (Å²) in [6.07, 6.45) is 8.34. The molecule has 0 bridgehead atoms. The Morgan fingerprint density at radius 2 is 2.03 bits per heavy atom. The number of hydrogen-bond donors (Lipinski definition) is 2. The van der Waals surface area contributed by atoms with Gasteiger partial charge in [0.15, 0.2) is 0 Å². The number of ether oxygens (including phenoxy) is 1. The highest BCUT2D eigenvalue weighted by Crippen LogP contribution is 2.33. The fourth-order valence-electron chi connectivity index (χ4n) is 2.80. The summed E-state index contributed by atoms with van der Waals surface area (Å²) in [7, 11) is 0. The highest BCUT2D eigenvalue weighted by atomic mass is 35.5. The summed E-state index contributed by atoms with van der Waals surface area (Å²) in [6, 6.07) is 14.8. The van der Waals surface area contributed by atoms with Gasteiger partial charge in [-0.25, -0.2) is 9.97 Å². The van der Waals surface area contributed by atoms with E-state index in [9.17, 15) is 0 Å². The van der Waals surface area contributed by atoms with E-state index in [2.05, 4.69) is 20.3 Å². The Balaban J connectivity index is 1.61. The van der Waals surface area contributed by atoms with Gasteiger partial charge in [0.2, 0.25) is 0 Å². The van der Waals surface area contributed by atoms with Crippen LogP contribution >= 0.6 is 11.6 Å². The van der Waals surface area contributed by atoms with Crippen LogP contribution in [0.15, 0.2) is 73.3 Å². The van der Waals surface area contributed by atoms with Gasteiger partial charge >= 0.3 is 0 Å². The highest BCUT2D eigenvalue weighted by Gasteiger charge is 2.08. The second kappa shape index (κ2) is 8.68. The lowest BCUT2D eigenvalue weighted by Crippen LogP contribution is -1.97. The normalized spacial score (nSPS) is 11.1. The number of aliphatic hydroxyl groups excluding tert-OH is 1. The van der Waals surface area contributed by atoms with Crippen molar-refractivity contribution in [1.29, 1.82) is 0 Å². The largest absolute Gasteiger partial charge is 0.454 e. The van der Waals surface area contributed by atoms with Crippen LogP contribution in [0.4, 0.5) is 11.5 Å². The molecular formula is C22H17ClN4O2. The van der Waals surface area contributed by atoms with Gasteiger partial charge in [0.05, 0.1) is 23.3 Å². The molecule has 6 nitrogen and oxygen atoms in total. The maximum Gasteiger partial charge on any atom is 0.146 e. The van der Waals surface area contributed by atoms with Crippen molar-refractivity contribution < 1.29 is 9.84 Å². The molecule has 2 heterocycles. The van der Waals surface area contributed by atoms with Crippen molar-refractivity contribution in [3.8, 4) is 11.5 Å². The molecule has 144 valence electrons. The van der Waals surface area contributed by atoms with Crippen LogP contribution in [0.5, 0.6) is 11.5 Å². The minimum absolute atomic E-state index is 0.0135. The van der Waals surface area contributed by atoms with Gasteiger partial charge in [-0.1, -0.05) is 29.8 Å². The minimum Gasteiger partial charge on any atom is -0.454 e. The van der Waals surface area contributed by atoms with Gasteiger partial charge in [-0.2, -0.15) is 0 Å². The molecule has 2 aromatic carbocycles. The fourth-order valence-corrected chi connectivity index (χ4v) is 3.02. The van der Waals surface area contributed by atoms with Gasteiger partial charge in [0.25, 0.3) is 0 Å². The van der Waals surface area contributed by atoms with E-state index in [0.29, 0.717) is 22.3 Å². The van der Waals surface area contributed by atoms with E-state index in [0.717, 1.165) is 22.2 Å². The van der Waals surface area contributed by atoms with Gasteiger partial charge in [-0.05, 0) is 48.0 Å². The monoisotopic (exact) mass is 404 g/mol. The molecule has 0 amide bonds. The van der Waals surface area contributed by atoms with E-state index in [4.69, 9.17) is 21.4 Å². The molecule has 4 rings (SSSR count). The lowest BCUT2D eigenvalue weighted by Gasteiger charge is -2.11. The number of rotatable bonds is 6. The third-order valence-electron chi connectivity index (χ3n) is 4.13. The Labute approximate surface area is 172 Å². The van der Waals surface area contributed by atoms with Crippen LogP contribution in [-0.4, -0.2) is 26.7 Å². The molecular weight excluding hydrogens is 388 g/mol. The Hall–Kier alpha value is -3.48. The van der Waals surface area contributed by atoms with Gasteiger partial charge in [0.1, 0.15) is 23.6 Å². The molecule has 0 saturated carbocycles. The second-order valence-electron chi connectivity index (χ2n) is 6.14. The molecule has 0 spiro atoms. The Bertz CT molecular complexity index is 1170. The maximum absolute atomic E-state index is 8.98. The molecule has 0 fully saturated rings. The third kappa shape index (κ3) is 4.51. The number of aliphatic hydroxyl groups is 1. The molecule has 2 aromatic heterocycles. The first kappa shape index (κ1) is 18.9. The number of aromatic nitrogens is 3. The zero-order valence-electron chi connectivity index (χ0n) is 15.3. The van der Waals surface area contributed by atoms with Gasteiger partial charge in [-0.15, -0.1) is 0 Å². The van der Waals surface area contributed by atoms with E-state index < -0.39 is 0 Å². The van der Waals surface area contributed by atoms with Crippen molar-refractivity contribution in [2.75, 3.05) is 11.9 Å². The number of benzene rings is 2. The van der Waals surface area contributed by atoms with Crippen molar-refractivity contribution in [2.24, 2.45) is 0 Å². The van der Waals surface area contributed by atoms with Gasteiger partial charge in [-0.3, -0.25) is 4.98 Å². The molecule has 4 aromatic rings. The molecule has 0 unspecified atom stereocenters. The van der Waals surface area contributed by atoms with Gasteiger partial charge in [0, 0.05) is 17.3 Å². The van der Waals surface area contributed by atoms with Crippen LogP contribution in [0.2, 0.25) is 5.02 Å². The summed E-state index contributed by atoms with van der Waals surface area (Å²) >= 11 is 6.40. The number of hydrogen-bond acceptors (Lipinski definition) is 6. The topological polar surface area (TPSA) is 80.2 Å². The average molecular weight is 405 g/mol. The molecule has 0 atom stereocenters. The van der Waals surface area contributed by atoms with E-state index in [1.165, 1.54) is 6.33 Å². The van der Waals surface area contributed by atoms with Crippen molar-refractivity contribution in [2.45, 2.75) is 0 Å². The van der Waals surface area contributed by atoms with Crippen LogP contribution < -0.4 is 10.1 Å². The van der Waals surface area contributed by atoms with Crippen molar-refractivity contribution in [3.05, 3.63) is 83.9 Å². The molecule has 0 saturated heterocycles. The van der Waals surface area contributed by atoms with Crippen molar-refractivity contribution >= 4 is 40.1 Å². The lowest BCUT2D eigenvalue weighted by atomic mass is 10.1. The van der Waals surface area contributed by atoms with Crippen LogP contribution in [0.3, 0.4) is 0 Å². The minimum atomic E-state index is -0.0135. The maximum atomic E-state index is 8.98. The van der Waals surface area contributed by atoms with Crippen LogP contribution in [-0.2, 0) is 0 Å². The lowest BCUT2D eigenvalue weighted by molar-refractivity contribution is 0.343. The molecule has 0 aliphatic carbocycles. The number of pyridine rings is 1. The van der Waals surface area contributed by atoms with Crippen LogP contribution in [0.25, 0.3) is 17.0 Å². The molecule has 29 heavy (non-hydrogen) atoms. The van der Waals surface area contributed by atoms with Crippen molar-refractivity contribution in [3.63, 3.8) is 0 Å². The number of nitrogens with one attached hydrogen (secondary N) is 1. The summed E-state index contributed by atoms with van der Waals surface area (Å²) < 4.78 is 5.76. The van der Waals surface area contributed by atoms with E-state index in [-0.39, 0.29) is 6.61 Å².